The molecule has 1 aliphatic rings. The molecular formula is C10H17NO3S. The van der Waals surface area contributed by atoms with Gasteiger partial charge < -0.3 is 10.1 Å². The number of esters is 1. The molecule has 0 heterocycles. The van der Waals surface area contributed by atoms with Crippen LogP contribution in [0.15, 0.2) is 0 Å². The van der Waals surface area contributed by atoms with Crippen LogP contribution in [0.4, 0.5) is 0 Å². The third-order valence-corrected chi connectivity index (χ3v) is 3.40. The van der Waals surface area contributed by atoms with E-state index in [-0.39, 0.29) is 17.1 Å². The van der Waals surface area contributed by atoms with E-state index in [0.717, 1.165) is 6.54 Å². The molecule has 0 saturated heterocycles. The number of carbonyl (C=O) groups is 2. The number of nitrogens with one attached hydrogen (secondary N) is 1. The SMILES string of the molecule is COC(=O)C(C)SCC(=O)NCC1CC1. The normalized spacial score (nSPS) is 16.9. The topological polar surface area (TPSA) is 55.4 Å². The number of carbonyl (C=O) groups excluding carboxylic acids is 2. The molecule has 1 rings (SSSR count). The average Bonchev–Trinajstić information content (AvgIpc) is 3.05. The zero-order valence-corrected chi connectivity index (χ0v) is 9.93. The fourth-order valence-corrected chi connectivity index (χ4v) is 1.80. The van der Waals surface area contributed by atoms with Crippen molar-refractivity contribution >= 4 is 23.6 Å². The lowest BCUT2D eigenvalue weighted by Gasteiger charge is -2.08. The quantitative estimate of drug-likeness (QED) is 0.687. The summed E-state index contributed by atoms with van der Waals surface area (Å²) >= 11 is 1.30. The second-order valence-corrected chi connectivity index (χ2v) is 5.05. The molecule has 86 valence electrons. The van der Waals surface area contributed by atoms with Gasteiger partial charge in [0, 0.05) is 6.54 Å². The molecule has 0 aromatic rings. The highest BCUT2D eigenvalue weighted by Gasteiger charge is 2.22. The summed E-state index contributed by atoms with van der Waals surface area (Å²) in [4.78, 5) is 22.3. The Morgan fingerprint density at radius 1 is 1.53 bits per heavy atom. The van der Waals surface area contributed by atoms with Crippen molar-refractivity contribution in [2.45, 2.75) is 25.0 Å². The van der Waals surface area contributed by atoms with E-state index in [4.69, 9.17) is 0 Å². The summed E-state index contributed by atoms with van der Waals surface area (Å²) in [7, 11) is 1.35. The van der Waals surface area contributed by atoms with Crippen molar-refractivity contribution in [1.82, 2.24) is 5.32 Å². The van der Waals surface area contributed by atoms with E-state index in [1.54, 1.807) is 6.92 Å². The smallest absolute Gasteiger partial charge is 0.318 e. The van der Waals surface area contributed by atoms with Gasteiger partial charge >= 0.3 is 5.97 Å². The first-order valence-electron chi connectivity index (χ1n) is 5.09. The van der Waals surface area contributed by atoms with E-state index < -0.39 is 0 Å². The molecule has 1 unspecified atom stereocenters. The van der Waals surface area contributed by atoms with Gasteiger partial charge in [0.1, 0.15) is 5.25 Å². The van der Waals surface area contributed by atoms with Crippen molar-refractivity contribution in [2.75, 3.05) is 19.4 Å². The number of hydrogen-bond donors (Lipinski definition) is 1. The van der Waals surface area contributed by atoms with Crippen molar-refractivity contribution in [3.63, 3.8) is 0 Å². The molecule has 1 fully saturated rings. The molecule has 1 saturated carbocycles. The van der Waals surface area contributed by atoms with E-state index in [1.165, 1.54) is 31.7 Å². The second-order valence-electron chi connectivity index (χ2n) is 3.72. The molecule has 1 aliphatic carbocycles. The summed E-state index contributed by atoms with van der Waals surface area (Å²) in [6, 6.07) is 0. The van der Waals surface area contributed by atoms with Crippen LogP contribution in [0.1, 0.15) is 19.8 Å². The number of methoxy groups -OCH3 is 1. The predicted molar refractivity (Wildman–Crippen MR) is 59.7 cm³/mol. The van der Waals surface area contributed by atoms with Crippen molar-refractivity contribution < 1.29 is 14.3 Å². The highest BCUT2D eigenvalue weighted by Crippen LogP contribution is 2.27. The van der Waals surface area contributed by atoms with Gasteiger partial charge in [0.25, 0.3) is 0 Å². The van der Waals surface area contributed by atoms with E-state index in [0.29, 0.717) is 11.7 Å². The van der Waals surface area contributed by atoms with E-state index in [1.807, 2.05) is 0 Å². The van der Waals surface area contributed by atoms with Crippen LogP contribution in [0.2, 0.25) is 0 Å². The summed E-state index contributed by atoms with van der Waals surface area (Å²) in [5.74, 6) is 0.734. The van der Waals surface area contributed by atoms with Crippen molar-refractivity contribution in [3.05, 3.63) is 0 Å². The molecule has 4 nitrogen and oxygen atoms in total. The standard InChI is InChI=1S/C10H17NO3S/c1-7(10(13)14-2)15-6-9(12)11-5-8-3-4-8/h7-8H,3-6H2,1-2H3,(H,11,12). The molecule has 0 spiro atoms. The number of ether oxygens (including phenoxy) is 1. The molecule has 0 aliphatic heterocycles. The van der Waals surface area contributed by atoms with Gasteiger partial charge in [-0.15, -0.1) is 11.8 Å². The van der Waals surface area contributed by atoms with Crippen LogP contribution in [0, 0.1) is 5.92 Å². The largest absolute Gasteiger partial charge is 0.468 e. The lowest BCUT2D eigenvalue weighted by Crippen LogP contribution is -2.28. The highest BCUT2D eigenvalue weighted by molar-refractivity contribution is 8.01. The van der Waals surface area contributed by atoms with E-state index in [2.05, 4.69) is 10.1 Å². The van der Waals surface area contributed by atoms with Gasteiger partial charge in [-0.05, 0) is 25.7 Å². The fraction of sp³-hybridized carbons (Fsp3) is 0.800. The zero-order valence-electron chi connectivity index (χ0n) is 9.12. The van der Waals surface area contributed by atoms with Crippen LogP contribution in [0.25, 0.3) is 0 Å². The summed E-state index contributed by atoms with van der Waals surface area (Å²) in [5.41, 5.74) is 0. The minimum atomic E-state index is -0.282. The Bertz CT molecular complexity index is 241. The van der Waals surface area contributed by atoms with Crippen LogP contribution in [0.5, 0.6) is 0 Å². The molecule has 5 heteroatoms. The van der Waals surface area contributed by atoms with Gasteiger partial charge in [-0.25, -0.2) is 0 Å². The Balaban J connectivity index is 2.06. The number of hydrogen-bond acceptors (Lipinski definition) is 4. The molecule has 0 aromatic heterocycles. The van der Waals surface area contributed by atoms with Crippen LogP contribution >= 0.6 is 11.8 Å². The molecule has 1 N–H and O–H groups in total. The number of amides is 1. The highest BCUT2D eigenvalue weighted by atomic mass is 32.2. The van der Waals surface area contributed by atoms with Crippen molar-refractivity contribution in [3.8, 4) is 0 Å². The Hall–Kier alpha value is -0.710. The third-order valence-electron chi connectivity index (χ3n) is 2.28. The Labute approximate surface area is 94.1 Å². The Morgan fingerprint density at radius 3 is 2.73 bits per heavy atom. The van der Waals surface area contributed by atoms with Crippen molar-refractivity contribution in [1.29, 1.82) is 0 Å². The van der Waals surface area contributed by atoms with Gasteiger partial charge in [-0.1, -0.05) is 0 Å². The molecule has 0 bridgehead atoms. The fourth-order valence-electron chi connectivity index (χ4n) is 1.07. The molecule has 1 amide bonds. The predicted octanol–water partition coefficient (Wildman–Crippen LogP) is 0.807. The minimum Gasteiger partial charge on any atom is -0.468 e. The van der Waals surface area contributed by atoms with E-state index in [9.17, 15) is 9.59 Å². The van der Waals surface area contributed by atoms with Gasteiger partial charge in [-0.3, -0.25) is 9.59 Å². The van der Waals surface area contributed by atoms with E-state index >= 15 is 0 Å². The number of thioether (sulfide) groups is 1. The molecular weight excluding hydrogens is 214 g/mol. The maximum Gasteiger partial charge on any atom is 0.318 e. The van der Waals surface area contributed by atoms with Gasteiger partial charge in [0.2, 0.25) is 5.91 Å². The van der Waals surface area contributed by atoms with Gasteiger partial charge in [-0.2, -0.15) is 0 Å². The summed E-state index contributed by atoms with van der Waals surface area (Å²) in [6.45, 7) is 2.52. The molecule has 0 radical (unpaired) electrons. The molecule has 1 atom stereocenters. The van der Waals surface area contributed by atoms with Crippen LogP contribution in [-0.2, 0) is 14.3 Å². The first-order chi connectivity index (χ1) is 7.13. The maximum atomic E-state index is 11.3. The monoisotopic (exact) mass is 231 g/mol. The Kier molecular flexibility index (Phi) is 4.94. The van der Waals surface area contributed by atoms with Crippen LogP contribution in [-0.4, -0.2) is 36.5 Å². The van der Waals surface area contributed by atoms with Crippen LogP contribution in [0.3, 0.4) is 0 Å². The third kappa shape index (κ3) is 5.06. The lowest BCUT2D eigenvalue weighted by molar-refractivity contribution is -0.139. The number of rotatable bonds is 6. The molecule has 15 heavy (non-hydrogen) atoms. The summed E-state index contributed by atoms with van der Waals surface area (Å²) in [6.07, 6.45) is 2.46. The first kappa shape index (κ1) is 12.4. The first-order valence-corrected chi connectivity index (χ1v) is 6.14. The second kappa shape index (κ2) is 6.00. The van der Waals surface area contributed by atoms with Gasteiger partial charge in [0.05, 0.1) is 12.9 Å². The van der Waals surface area contributed by atoms with Crippen molar-refractivity contribution in [2.24, 2.45) is 5.92 Å². The average molecular weight is 231 g/mol. The zero-order chi connectivity index (χ0) is 11.3. The minimum absolute atomic E-state index is 0.00246. The summed E-state index contributed by atoms with van der Waals surface area (Å²) < 4.78 is 4.56. The Morgan fingerprint density at radius 2 is 2.20 bits per heavy atom. The van der Waals surface area contributed by atoms with Crippen LogP contribution < -0.4 is 5.32 Å². The molecule has 0 aromatic carbocycles. The lowest BCUT2D eigenvalue weighted by atomic mass is 10.4. The summed E-state index contributed by atoms with van der Waals surface area (Å²) in [5, 5.41) is 2.57. The maximum absolute atomic E-state index is 11.3. The van der Waals surface area contributed by atoms with Gasteiger partial charge in [0.15, 0.2) is 0 Å².